The second-order valence-electron chi connectivity index (χ2n) is 4.24. The van der Waals surface area contributed by atoms with E-state index in [1.165, 1.54) is 18.4 Å². The molecule has 114 valence electrons. The molecule has 0 aromatic heterocycles. The molecule has 0 bridgehead atoms. The van der Waals surface area contributed by atoms with Gasteiger partial charge < -0.3 is 14.8 Å². The Hall–Kier alpha value is -0.710. The van der Waals surface area contributed by atoms with Crippen molar-refractivity contribution in [3.8, 4) is 11.5 Å². The third-order valence-electron chi connectivity index (χ3n) is 2.67. The van der Waals surface area contributed by atoms with Crippen LogP contribution in [0, 0.1) is 0 Å². The topological polar surface area (TPSA) is 30.5 Å². The van der Waals surface area contributed by atoms with Crippen LogP contribution in [-0.2, 0) is 6.54 Å². The minimum atomic E-state index is 0. The summed E-state index contributed by atoms with van der Waals surface area (Å²) in [6, 6.07) is 4.06. The van der Waals surface area contributed by atoms with Gasteiger partial charge in [-0.05, 0) is 46.6 Å². The van der Waals surface area contributed by atoms with Crippen LogP contribution in [0.3, 0.4) is 0 Å². The molecule has 0 heterocycles. The van der Waals surface area contributed by atoms with E-state index in [0.29, 0.717) is 6.61 Å². The molecule has 0 spiro atoms. The van der Waals surface area contributed by atoms with Crippen molar-refractivity contribution in [2.75, 3.05) is 20.3 Å². The lowest BCUT2D eigenvalue weighted by molar-refractivity contribution is 0.324. The predicted octanol–water partition coefficient (Wildman–Crippen LogP) is 4.33. The van der Waals surface area contributed by atoms with Gasteiger partial charge in [-0.1, -0.05) is 26.0 Å². The molecular weight excluding hydrogens is 342 g/mol. The summed E-state index contributed by atoms with van der Waals surface area (Å²) in [6.07, 6.45) is 4.11. The lowest BCUT2D eigenvalue weighted by Crippen LogP contribution is -2.14. The highest BCUT2D eigenvalue weighted by atomic mass is 79.9. The highest BCUT2D eigenvalue weighted by Gasteiger charge is 2.11. The second-order valence-corrected chi connectivity index (χ2v) is 5.09. The van der Waals surface area contributed by atoms with Crippen LogP contribution in [0.2, 0.25) is 0 Å². The lowest BCUT2D eigenvalue weighted by Gasteiger charge is -2.13. The summed E-state index contributed by atoms with van der Waals surface area (Å²) in [6.45, 7) is 8.16. The van der Waals surface area contributed by atoms with Gasteiger partial charge in [-0.2, -0.15) is 0 Å². The fourth-order valence-corrected chi connectivity index (χ4v) is 2.30. The number of nitrogens with one attached hydrogen (secondary N) is 1. The average molecular weight is 365 g/mol. The Labute approximate surface area is 136 Å². The summed E-state index contributed by atoms with van der Waals surface area (Å²) in [5, 5.41) is 3.41. The third-order valence-corrected chi connectivity index (χ3v) is 3.26. The van der Waals surface area contributed by atoms with Gasteiger partial charge in [0, 0.05) is 6.54 Å². The number of hydrogen-bond acceptors (Lipinski definition) is 3. The number of ether oxygens (including phenoxy) is 2. The van der Waals surface area contributed by atoms with Gasteiger partial charge in [-0.25, -0.2) is 0 Å². The first kappa shape index (κ1) is 19.3. The van der Waals surface area contributed by atoms with Gasteiger partial charge in [0.25, 0.3) is 0 Å². The van der Waals surface area contributed by atoms with Crippen molar-refractivity contribution in [2.24, 2.45) is 0 Å². The second kappa shape index (κ2) is 11.0. The first-order valence-corrected chi connectivity index (χ1v) is 7.33. The fourth-order valence-electron chi connectivity index (χ4n) is 1.69. The van der Waals surface area contributed by atoms with Crippen LogP contribution in [0.25, 0.3) is 0 Å². The van der Waals surface area contributed by atoms with Gasteiger partial charge in [-0.15, -0.1) is 12.4 Å². The van der Waals surface area contributed by atoms with Crippen LogP contribution in [0.5, 0.6) is 11.5 Å². The van der Waals surface area contributed by atoms with Crippen LogP contribution >= 0.6 is 28.3 Å². The number of unbranched alkanes of at least 4 members (excludes halogenated alkanes) is 1. The highest BCUT2D eigenvalue weighted by molar-refractivity contribution is 9.10. The summed E-state index contributed by atoms with van der Waals surface area (Å²) >= 11 is 3.52. The summed E-state index contributed by atoms with van der Waals surface area (Å²) in [7, 11) is 1.65. The number of benzene rings is 1. The van der Waals surface area contributed by atoms with Crippen LogP contribution in [-0.4, -0.2) is 20.3 Å². The lowest BCUT2D eigenvalue weighted by atomic mass is 10.2. The molecule has 3 nitrogen and oxygen atoms in total. The van der Waals surface area contributed by atoms with E-state index in [0.717, 1.165) is 29.1 Å². The van der Waals surface area contributed by atoms with E-state index in [-0.39, 0.29) is 12.4 Å². The zero-order chi connectivity index (χ0) is 14.1. The maximum absolute atomic E-state index is 5.60. The largest absolute Gasteiger partial charge is 0.493 e. The van der Waals surface area contributed by atoms with E-state index >= 15 is 0 Å². The number of rotatable bonds is 9. The first-order valence-electron chi connectivity index (χ1n) is 6.53. The summed E-state index contributed by atoms with van der Waals surface area (Å²) in [5.41, 5.74) is 1.17. The fraction of sp³-hybridized carbons (Fsp3) is 0.467. The van der Waals surface area contributed by atoms with Crippen molar-refractivity contribution in [3.63, 3.8) is 0 Å². The molecule has 0 aliphatic heterocycles. The zero-order valence-electron chi connectivity index (χ0n) is 12.1. The van der Waals surface area contributed by atoms with Gasteiger partial charge in [0.05, 0.1) is 11.6 Å². The van der Waals surface area contributed by atoms with Crippen LogP contribution in [0.1, 0.15) is 25.3 Å². The quantitative estimate of drug-likeness (QED) is 0.522. The molecule has 0 fully saturated rings. The third kappa shape index (κ3) is 6.16. The van der Waals surface area contributed by atoms with E-state index in [2.05, 4.69) is 40.8 Å². The summed E-state index contributed by atoms with van der Waals surface area (Å²) < 4.78 is 11.9. The Bertz CT molecular complexity index is 413. The molecule has 1 rings (SSSR count). The normalized spacial score (nSPS) is 9.75. The molecule has 0 saturated heterocycles. The Morgan fingerprint density at radius 2 is 2.15 bits per heavy atom. The molecule has 0 aliphatic rings. The van der Waals surface area contributed by atoms with Gasteiger partial charge in [0.1, 0.15) is 6.61 Å². The molecule has 0 radical (unpaired) electrons. The first-order chi connectivity index (χ1) is 9.22. The molecule has 1 N–H and O–H groups in total. The monoisotopic (exact) mass is 363 g/mol. The van der Waals surface area contributed by atoms with Crippen molar-refractivity contribution in [2.45, 2.75) is 26.3 Å². The Morgan fingerprint density at radius 3 is 2.75 bits per heavy atom. The molecule has 0 aliphatic carbocycles. The minimum Gasteiger partial charge on any atom is -0.493 e. The number of hydrogen-bond donors (Lipinski definition) is 1. The molecular formula is C15H23BrClNO2. The molecule has 0 atom stereocenters. The zero-order valence-corrected chi connectivity index (χ0v) is 14.5. The van der Waals surface area contributed by atoms with Crippen molar-refractivity contribution < 1.29 is 9.47 Å². The molecule has 0 saturated carbocycles. The van der Waals surface area contributed by atoms with Crippen LogP contribution in [0.15, 0.2) is 29.3 Å². The molecule has 1 aromatic rings. The molecule has 20 heavy (non-hydrogen) atoms. The Morgan fingerprint density at radius 1 is 1.40 bits per heavy atom. The maximum Gasteiger partial charge on any atom is 0.175 e. The van der Waals surface area contributed by atoms with Crippen molar-refractivity contribution in [1.82, 2.24) is 5.32 Å². The van der Waals surface area contributed by atoms with Crippen molar-refractivity contribution >= 4 is 28.3 Å². The van der Waals surface area contributed by atoms with E-state index in [1.807, 2.05) is 6.07 Å². The molecule has 5 heteroatoms. The van der Waals surface area contributed by atoms with Gasteiger partial charge in [0.15, 0.2) is 11.5 Å². The van der Waals surface area contributed by atoms with Crippen molar-refractivity contribution in [3.05, 3.63) is 34.8 Å². The minimum absolute atomic E-state index is 0. The van der Waals surface area contributed by atoms with E-state index in [1.54, 1.807) is 13.2 Å². The van der Waals surface area contributed by atoms with Gasteiger partial charge >= 0.3 is 0 Å². The molecule has 1 aromatic carbocycles. The average Bonchev–Trinajstić information content (AvgIpc) is 2.42. The van der Waals surface area contributed by atoms with Crippen molar-refractivity contribution in [1.29, 1.82) is 0 Å². The Balaban J connectivity index is 0.00000361. The van der Waals surface area contributed by atoms with Gasteiger partial charge in [-0.3, -0.25) is 0 Å². The summed E-state index contributed by atoms with van der Waals surface area (Å²) in [4.78, 5) is 0. The van der Waals surface area contributed by atoms with E-state index in [9.17, 15) is 0 Å². The summed E-state index contributed by atoms with van der Waals surface area (Å²) in [5.74, 6) is 1.46. The highest BCUT2D eigenvalue weighted by Crippen LogP contribution is 2.36. The Kier molecular flexibility index (Phi) is 10.6. The molecule has 0 amide bonds. The smallest absolute Gasteiger partial charge is 0.175 e. The SMILES string of the molecule is C=CCOc1c(Br)cc(CNCCCC)cc1OC.Cl. The number of halogens is 2. The predicted molar refractivity (Wildman–Crippen MR) is 90.2 cm³/mol. The van der Waals surface area contributed by atoms with Gasteiger partial charge in [0.2, 0.25) is 0 Å². The van der Waals surface area contributed by atoms with E-state index in [4.69, 9.17) is 9.47 Å². The molecule has 0 unspecified atom stereocenters. The van der Waals surface area contributed by atoms with Crippen LogP contribution < -0.4 is 14.8 Å². The standard InChI is InChI=1S/C15H22BrNO2.ClH/c1-4-6-7-17-11-12-9-13(16)15(19-8-5-2)14(10-12)18-3;/h5,9-10,17H,2,4,6-8,11H2,1,3H3;1H. The van der Waals surface area contributed by atoms with Crippen LogP contribution in [0.4, 0.5) is 0 Å². The van der Waals surface area contributed by atoms with E-state index < -0.39 is 0 Å². The maximum atomic E-state index is 5.60. The number of methoxy groups -OCH3 is 1.